The first-order valence-corrected chi connectivity index (χ1v) is 6.09. The molecule has 0 amide bonds. The number of anilines is 1. The average molecular weight is 220 g/mol. The second kappa shape index (κ2) is 5.25. The molecular weight excluding hydrogens is 200 g/mol. The van der Waals surface area contributed by atoms with E-state index in [0.717, 1.165) is 24.6 Å². The van der Waals surface area contributed by atoms with E-state index in [-0.39, 0.29) is 0 Å². The summed E-state index contributed by atoms with van der Waals surface area (Å²) in [6.07, 6.45) is 5.53. The summed E-state index contributed by atoms with van der Waals surface area (Å²) in [7, 11) is 0. The molecule has 1 aliphatic rings. The minimum Gasteiger partial charge on any atom is -0.303 e. The van der Waals surface area contributed by atoms with Crippen molar-refractivity contribution in [3.63, 3.8) is 0 Å². The number of aromatic nitrogens is 2. The number of hydrogen-bond donors (Lipinski definition) is 1. The predicted molar refractivity (Wildman–Crippen MR) is 65.2 cm³/mol. The highest BCUT2D eigenvalue weighted by atomic mass is 15.5. The van der Waals surface area contributed by atoms with Crippen LogP contribution in [0.15, 0.2) is 12.4 Å². The Morgan fingerprint density at radius 2 is 1.94 bits per heavy atom. The summed E-state index contributed by atoms with van der Waals surface area (Å²) in [5.74, 6) is 1.37. The van der Waals surface area contributed by atoms with E-state index < -0.39 is 0 Å². The van der Waals surface area contributed by atoms with Crippen molar-refractivity contribution in [2.75, 3.05) is 18.5 Å². The summed E-state index contributed by atoms with van der Waals surface area (Å²) >= 11 is 0. The van der Waals surface area contributed by atoms with Crippen molar-refractivity contribution in [2.24, 2.45) is 0 Å². The van der Waals surface area contributed by atoms with Gasteiger partial charge in [-0.2, -0.15) is 0 Å². The van der Waals surface area contributed by atoms with Crippen molar-refractivity contribution in [3.8, 4) is 0 Å². The van der Waals surface area contributed by atoms with Crippen molar-refractivity contribution in [1.82, 2.24) is 15.0 Å². The van der Waals surface area contributed by atoms with Gasteiger partial charge in [-0.15, -0.1) is 0 Å². The van der Waals surface area contributed by atoms with Crippen LogP contribution in [0.2, 0.25) is 0 Å². The lowest BCUT2D eigenvalue weighted by atomic mass is 10.1. The van der Waals surface area contributed by atoms with E-state index in [0.29, 0.717) is 5.92 Å². The van der Waals surface area contributed by atoms with Crippen LogP contribution in [0.25, 0.3) is 0 Å². The lowest BCUT2D eigenvalue weighted by Gasteiger charge is -2.27. The van der Waals surface area contributed by atoms with Gasteiger partial charge in [-0.05, 0) is 18.8 Å². The standard InChI is InChI=1S/C12H20N4/c1-10(2)11-8-12(14-9-13-11)15-16-6-4-3-5-7-16/h8-10H,3-7H2,1-2H3,(H,13,14,15). The molecule has 0 spiro atoms. The number of nitrogens with one attached hydrogen (secondary N) is 1. The number of piperidine rings is 1. The molecule has 2 heterocycles. The second-order valence-electron chi connectivity index (χ2n) is 4.64. The molecule has 1 saturated heterocycles. The number of rotatable bonds is 3. The Morgan fingerprint density at radius 3 is 2.62 bits per heavy atom. The predicted octanol–water partition coefficient (Wildman–Crippen LogP) is 2.41. The fourth-order valence-electron chi connectivity index (χ4n) is 1.92. The first-order valence-electron chi connectivity index (χ1n) is 6.09. The van der Waals surface area contributed by atoms with Gasteiger partial charge in [-0.3, -0.25) is 0 Å². The van der Waals surface area contributed by atoms with Gasteiger partial charge in [0.05, 0.1) is 0 Å². The van der Waals surface area contributed by atoms with Crippen molar-refractivity contribution >= 4 is 5.82 Å². The summed E-state index contributed by atoms with van der Waals surface area (Å²) < 4.78 is 0. The Balaban J connectivity index is 2.00. The smallest absolute Gasteiger partial charge is 0.143 e. The van der Waals surface area contributed by atoms with Crippen molar-refractivity contribution in [2.45, 2.75) is 39.0 Å². The molecule has 88 valence electrons. The fraction of sp³-hybridized carbons (Fsp3) is 0.667. The Bertz CT molecular complexity index is 332. The molecule has 2 rings (SSSR count). The van der Waals surface area contributed by atoms with Crippen LogP contribution < -0.4 is 5.43 Å². The average Bonchev–Trinajstić information content (AvgIpc) is 2.30. The third kappa shape index (κ3) is 2.92. The maximum absolute atomic E-state index is 4.26. The Labute approximate surface area is 97.1 Å². The molecule has 0 bridgehead atoms. The van der Waals surface area contributed by atoms with Gasteiger partial charge in [0.2, 0.25) is 0 Å². The van der Waals surface area contributed by atoms with Crippen molar-refractivity contribution in [3.05, 3.63) is 18.1 Å². The highest BCUT2D eigenvalue weighted by Gasteiger charge is 2.10. The van der Waals surface area contributed by atoms with Crippen molar-refractivity contribution < 1.29 is 0 Å². The molecule has 4 heteroatoms. The van der Waals surface area contributed by atoms with Gasteiger partial charge in [0, 0.05) is 24.8 Å². The van der Waals surface area contributed by atoms with Gasteiger partial charge in [-0.1, -0.05) is 20.3 Å². The highest BCUT2D eigenvalue weighted by Crippen LogP contribution is 2.15. The number of hydrazine groups is 1. The summed E-state index contributed by atoms with van der Waals surface area (Å²) in [5.41, 5.74) is 4.45. The van der Waals surface area contributed by atoms with E-state index in [1.54, 1.807) is 6.33 Å². The molecule has 0 aliphatic carbocycles. The normalized spacial score (nSPS) is 17.7. The van der Waals surface area contributed by atoms with Crippen LogP contribution in [0.1, 0.15) is 44.7 Å². The van der Waals surface area contributed by atoms with Crippen LogP contribution in [0.4, 0.5) is 5.82 Å². The lowest BCUT2D eigenvalue weighted by Crippen LogP contribution is -2.35. The highest BCUT2D eigenvalue weighted by molar-refractivity contribution is 5.34. The molecule has 1 fully saturated rings. The second-order valence-corrected chi connectivity index (χ2v) is 4.64. The maximum Gasteiger partial charge on any atom is 0.143 e. The summed E-state index contributed by atoms with van der Waals surface area (Å²) in [6, 6.07) is 2.04. The summed E-state index contributed by atoms with van der Waals surface area (Å²) in [4.78, 5) is 8.51. The molecular formula is C12H20N4. The van der Waals surface area contributed by atoms with E-state index in [2.05, 4.69) is 34.3 Å². The molecule has 1 aliphatic heterocycles. The van der Waals surface area contributed by atoms with E-state index in [1.165, 1.54) is 19.3 Å². The first-order chi connectivity index (χ1) is 7.75. The molecule has 0 saturated carbocycles. The van der Waals surface area contributed by atoms with E-state index in [9.17, 15) is 0 Å². The molecule has 0 aromatic carbocycles. The Kier molecular flexibility index (Phi) is 3.72. The molecule has 4 nitrogen and oxygen atoms in total. The fourth-order valence-corrected chi connectivity index (χ4v) is 1.92. The van der Waals surface area contributed by atoms with Crippen LogP contribution in [0, 0.1) is 0 Å². The number of nitrogens with zero attached hydrogens (tertiary/aromatic N) is 3. The van der Waals surface area contributed by atoms with Crippen LogP contribution in [0.5, 0.6) is 0 Å². The van der Waals surface area contributed by atoms with Gasteiger partial charge < -0.3 is 5.43 Å². The summed E-state index contributed by atoms with van der Waals surface area (Å²) in [5, 5.41) is 2.25. The van der Waals surface area contributed by atoms with Gasteiger partial charge in [0.1, 0.15) is 12.1 Å². The van der Waals surface area contributed by atoms with E-state index in [1.807, 2.05) is 6.07 Å². The van der Waals surface area contributed by atoms with Crippen LogP contribution in [0.3, 0.4) is 0 Å². The zero-order chi connectivity index (χ0) is 11.4. The third-order valence-electron chi connectivity index (χ3n) is 2.91. The SMILES string of the molecule is CC(C)c1cc(NN2CCCCC2)ncn1. The third-order valence-corrected chi connectivity index (χ3v) is 2.91. The minimum atomic E-state index is 0.449. The largest absolute Gasteiger partial charge is 0.303 e. The quantitative estimate of drug-likeness (QED) is 0.849. The van der Waals surface area contributed by atoms with Crippen LogP contribution in [-0.4, -0.2) is 28.1 Å². The summed E-state index contributed by atoms with van der Waals surface area (Å²) in [6.45, 7) is 6.52. The van der Waals surface area contributed by atoms with Crippen LogP contribution in [-0.2, 0) is 0 Å². The molecule has 1 N–H and O–H groups in total. The van der Waals surface area contributed by atoms with Gasteiger partial charge in [0.25, 0.3) is 0 Å². The topological polar surface area (TPSA) is 41.0 Å². The Hall–Kier alpha value is -1.16. The van der Waals surface area contributed by atoms with E-state index in [4.69, 9.17) is 0 Å². The molecule has 1 aromatic rings. The maximum atomic E-state index is 4.26. The zero-order valence-corrected chi connectivity index (χ0v) is 10.1. The number of hydrogen-bond acceptors (Lipinski definition) is 4. The van der Waals surface area contributed by atoms with Gasteiger partial charge >= 0.3 is 0 Å². The van der Waals surface area contributed by atoms with Gasteiger partial charge in [0.15, 0.2) is 0 Å². The molecule has 16 heavy (non-hydrogen) atoms. The lowest BCUT2D eigenvalue weighted by molar-refractivity contribution is 0.272. The first kappa shape index (κ1) is 11.3. The molecule has 0 radical (unpaired) electrons. The minimum absolute atomic E-state index is 0.449. The molecule has 0 atom stereocenters. The Morgan fingerprint density at radius 1 is 1.19 bits per heavy atom. The molecule has 0 unspecified atom stereocenters. The van der Waals surface area contributed by atoms with Crippen LogP contribution >= 0.6 is 0 Å². The zero-order valence-electron chi connectivity index (χ0n) is 10.1. The van der Waals surface area contributed by atoms with E-state index >= 15 is 0 Å². The van der Waals surface area contributed by atoms with Gasteiger partial charge in [-0.25, -0.2) is 15.0 Å². The van der Waals surface area contributed by atoms with Crippen molar-refractivity contribution in [1.29, 1.82) is 0 Å². The molecule has 1 aromatic heterocycles. The monoisotopic (exact) mass is 220 g/mol.